The molecule has 2 nitrogen and oxygen atoms in total. The van der Waals surface area contributed by atoms with Gasteiger partial charge in [0.25, 0.3) is 0 Å². The molecule has 0 radical (unpaired) electrons. The smallest absolute Gasteiger partial charge is 0.243 e. The van der Waals surface area contributed by atoms with Gasteiger partial charge in [-0.05, 0) is 12.1 Å². The van der Waals surface area contributed by atoms with Crippen molar-refractivity contribution >= 4 is 12.7 Å². The minimum Gasteiger partial charge on any atom is -0.328 e. The maximum atomic E-state index is 12.0. The van der Waals surface area contributed by atoms with E-state index in [4.69, 9.17) is 10.9 Å². The highest BCUT2D eigenvalue weighted by molar-refractivity contribution is 7.67. The van der Waals surface area contributed by atoms with Gasteiger partial charge in [-0.1, -0.05) is 24.1 Å². The normalized spacial score (nSPS) is 14.5. The van der Waals surface area contributed by atoms with Crippen LogP contribution in [0.4, 0.5) is 0 Å². The monoisotopic (exact) mass is 194 g/mol. The van der Waals surface area contributed by atoms with Crippen molar-refractivity contribution < 1.29 is 9.09 Å². The van der Waals surface area contributed by atoms with Crippen molar-refractivity contribution in [2.75, 3.05) is 13.3 Å². The minimum atomic E-state index is -2.79. The van der Waals surface area contributed by atoms with Gasteiger partial charge in [0, 0.05) is 12.4 Å². The molecule has 1 atom stereocenters. The summed E-state index contributed by atoms with van der Waals surface area (Å²) in [6.07, 6.45) is 5.27. The lowest BCUT2D eigenvalue weighted by atomic mass is 10.4. The third-order valence-corrected chi connectivity index (χ3v) is 4.02. The van der Waals surface area contributed by atoms with Gasteiger partial charge in [-0.3, -0.25) is 4.57 Å². The Morgan fingerprint density at radius 1 is 1.46 bits per heavy atom. The Balaban J connectivity index is 3.05. The summed E-state index contributed by atoms with van der Waals surface area (Å²) in [5.74, 6) is 2.37. The first-order valence-corrected chi connectivity index (χ1v) is 5.68. The van der Waals surface area contributed by atoms with E-state index < -0.39 is 7.37 Å². The zero-order valence-corrected chi connectivity index (χ0v) is 8.33. The Hall–Kier alpha value is -1.03. The fourth-order valence-corrected chi connectivity index (χ4v) is 2.43. The molecule has 68 valence electrons. The molecule has 1 unspecified atom stereocenters. The lowest BCUT2D eigenvalue weighted by Gasteiger charge is -2.12. The predicted molar refractivity (Wildman–Crippen MR) is 54.4 cm³/mol. The molecule has 3 heteroatoms. The fourth-order valence-electron chi connectivity index (χ4n) is 1.04. The Morgan fingerprint density at radius 2 is 2.08 bits per heavy atom. The van der Waals surface area contributed by atoms with Crippen LogP contribution in [0.3, 0.4) is 0 Å². The molecule has 0 fully saturated rings. The molecule has 0 saturated carbocycles. The molecule has 0 N–H and O–H groups in total. The summed E-state index contributed by atoms with van der Waals surface area (Å²) >= 11 is 0. The largest absolute Gasteiger partial charge is 0.328 e. The van der Waals surface area contributed by atoms with Crippen molar-refractivity contribution in [1.29, 1.82) is 0 Å². The first kappa shape index (κ1) is 10.1. The van der Waals surface area contributed by atoms with E-state index in [0.717, 1.165) is 0 Å². The molecule has 0 aliphatic rings. The van der Waals surface area contributed by atoms with Crippen molar-refractivity contribution in [3.05, 3.63) is 30.3 Å². The van der Waals surface area contributed by atoms with Gasteiger partial charge < -0.3 is 4.52 Å². The van der Waals surface area contributed by atoms with Crippen LogP contribution in [0.5, 0.6) is 0 Å². The molecular formula is C10H11O2P. The number of rotatable bonds is 3. The molecule has 0 amide bonds. The molecular weight excluding hydrogens is 183 g/mol. The second kappa shape index (κ2) is 4.28. The van der Waals surface area contributed by atoms with Crippen LogP contribution in [0.1, 0.15) is 0 Å². The van der Waals surface area contributed by atoms with Gasteiger partial charge in [0.05, 0.1) is 6.16 Å². The van der Waals surface area contributed by atoms with E-state index in [1.54, 1.807) is 12.1 Å². The molecule has 0 bridgehead atoms. The van der Waals surface area contributed by atoms with Crippen LogP contribution in [-0.4, -0.2) is 13.3 Å². The van der Waals surface area contributed by atoms with Gasteiger partial charge in [0.15, 0.2) is 0 Å². The highest BCUT2D eigenvalue weighted by Crippen LogP contribution is 2.43. The number of hydrogen-bond acceptors (Lipinski definition) is 2. The first-order chi connectivity index (χ1) is 6.23. The molecule has 0 saturated heterocycles. The molecule has 13 heavy (non-hydrogen) atoms. The average Bonchev–Trinajstić information content (AvgIpc) is 2.19. The Morgan fingerprint density at radius 3 is 2.54 bits per heavy atom. The topological polar surface area (TPSA) is 26.3 Å². The van der Waals surface area contributed by atoms with Gasteiger partial charge in [0.2, 0.25) is 7.37 Å². The van der Waals surface area contributed by atoms with Crippen molar-refractivity contribution in [1.82, 2.24) is 0 Å². The maximum Gasteiger partial charge on any atom is 0.243 e. The van der Waals surface area contributed by atoms with E-state index in [-0.39, 0.29) is 6.16 Å². The van der Waals surface area contributed by atoms with Crippen molar-refractivity contribution in [3.8, 4) is 12.3 Å². The summed E-state index contributed by atoms with van der Waals surface area (Å²) in [5.41, 5.74) is 0. The highest BCUT2D eigenvalue weighted by Gasteiger charge is 2.22. The Bertz CT molecular complexity index is 351. The Labute approximate surface area is 78.4 Å². The van der Waals surface area contributed by atoms with E-state index in [2.05, 4.69) is 5.92 Å². The average molecular weight is 194 g/mol. The van der Waals surface area contributed by atoms with Crippen LogP contribution in [0.2, 0.25) is 0 Å². The summed E-state index contributed by atoms with van der Waals surface area (Å²) < 4.78 is 17.0. The molecule has 0 aliphatic heterocycles. The van der Waals surface area contributed by atoms with Crippen LogP contribution in [-0.2, 0) is 9.09 Å². The summed E-state index contributed by atoms with van der Waals surface area (Å²) in [7, 11) is -1.37. The number of terminal acetylenes is 1. The lowest BCUT2D eigenvalue weighted by molar-refractivity contribution is 0.406. The van der Waals surface area contributed by atoms with Gasteiger partial charge in [-0.15, -0.1) is 6.42 Å². The standard InChI is InChI=1S/C10H11O2P/c1-3-9-13(11,12-2)10-7-5-4-6-8-10/h1,4-8H,9H2,2H3. The van der Waals surface area contributed by atoms with E-state index in [1.807, 2.05) is 18.2 Å². The minimum absolute atomic E-state index is 0.146. The highest BCUT2D eigenvalue weighted by atomic mass is 31.2. The van der Waals surface area contributed by atoms with E-state index in [0.29, 0.717) is 5.30 Å². The van der Waals surface area contributed by atoms with E-state index in [1.165, 1.54) is 7.11 Å². The third-order valence-electron chi connectivity index (χ3n) is 1.74. The third kappa shape index (κ3) is 2.21. The number of hydrogen-bond donors (Lipinski definition) is 0. The van der Waals surface area contributed by atoms with Crippen LogP contribution in [0.25, 0.3) is 0 Å². The molecule has 1 aromatic carbocycles. The summed E-state index contributed by atoms with van der Waals surface area (Å²) in [5, 5.41) is 0.676. The lowest BCUT2D eigenvalue weighted by Crippen LogP contribution is -2.07. The second-order valence-electron chi connectivity index (χ2n) is 2.55. The van der Waals surface area contributed by atoms with Gasteiger partial charge in [0.1, 0.15) is 0 Å². The number of benzene rings is 1. The van der Waals surface area contributed by atoms with Crippen molar-refractivity contribution in [2.24, 2.45) is 0 Å². The van der Waals surface area contributed by atoms with Crippen molar-refractivity contribution in [2.45, 2.75) is 0 Å². The van der Waals surface area contributed by atoms with Crippen LogP contribution in [0, 0.1) is 12.3 Å². The molecule has 1 rings (SSSR count). The quantitative estimate of drug-likeness (QED) is 0.542. The molecule has 0 spiro atoms. The zero-order valence-electron chi connectivity index (χ0n) is 7.43. The molecule has 0 aliphatic carbocycles. The second-order valence-corrected chi connectivity index (χ2v) is 5.10. The van der Waals surface area contributed by atoms with E-state index >= 15 is 0 Å². The van der Waals surface area contributed by atoms with Crippen LogP contribution >= 0.6 is 7.37 Å². The van der Waals surface area contributed by atoms with E-state index in [9.17, 15) is 4.57 Å². The van der Waals surface area contributed by atoms with Gasteiger partial charge in [-0.25, -0.2) is 0 Å². The fraction of sp³-hybridized carbons (Fsp3) is 0.200. The summed E-state index contributed by atoms with van der Waals surface area (Å²) in [6.45, 7) is 0. The zero-order chi connectivity index (χ0) is 9.73. The van der Waals surface area contributed by atoms with Crippen molar-refractivity contribution in [3.63, 3.8) is 0 Å². The Kier molecular flexibility index (Phi) is 3.31. The van der Waals surface area contributed by atoms with Crippen LogP contribution in [0.15, 0.2) is 30.3 Å². The first-order valence-electron chi connectivity index (χ1n) is 3.87. The summed E-state index contributed by atoms with van der Waals surface area (Å²) in [6, 6.07) is 9.03. The molecule has 0 heterocycles. The van der Waals surface area contributed by atoms with Crippen LogP contribution < -0.4 is 5.30 Å². The molecule has 1 aromatic rings. The van der Waals surface area contributed by atoms with Gasteiger partial charge in [-0.2, -0.15) is 0 Å². The SMILES string of the molecule is C#CCP(=O)(OC)c1ccccc1. The molecule has 0 aromatic heterocycles. The summed E-state index contributed by atoms with van der Waals surface area (Å²) in [4.78, 5) is 0. The predicted octanol–water partition coefficient (Wildman–Crippen LogP) is 1.87. The maximum absolute atomic E-state index is 12.0. The van der Waals surface area contributed by atoms with Gasteiger partial charge >= 0.3 is 0 Å².